The van der Waals surface area contributed by atoms with Crippen LogP contribution in [0.15, 0.2) is 48.5 Å². The number of hydrogen-bond donors (Lipinski definition) is 2. The second-order valence-corrected chi connectivity index (χ2v) is 5.46. The molecule has 1 aliphatic rings. The number of nitrogens with one attached hydrogen (secondary N) is 2. The smallest absolute Gasteiger partial charge is 0.317 e. The summed E-state index contributed by atoms with van der Waals surface area (Å²) in [5, 5.41) is 14.6. The Morgan fingerprint density at radius 3 is 2.83 bits per heavy atom. The lowest BCUT2D eigenvalue weighted by Crippen LogP contribution is -2.28. The number of carbonyl (C=O) groups is 2. The fraction of sp³-hybridized carbons (Fsp3) is 0.167. The standard InChI is InChI=1S/C18H16N4O2/c19-11-13-4-3-6-14(10-13)17(23)21-16-7-2-1-5-15(16)12-22-9-8-20-18(22)24/h1-7,10H,8-9,12H2,(H,20,24)(H,21,23). The van der Waals surface area contributed by atoms with Crippen molar-refractivity contribution < 1.29 is 9.59 Å². The van der Waals surface area contributed by atoms with Crippen molar-refractivity contribution in [2.24, 2.45) is 0 Å². The number of hydrogen-bond acceptors (Lipinski definition) is 3. The maximum absolute atomic E-state index is 12.4. The Balaban J connectivity index is 1.78. The summed E-state index contributed by atoms with van der Waals surface area (Å²) in [6, 6.07) is 15.8. The molecule has 3 rings (SSSR count). The van der Waals surface area contributed by atoms with Crippen LogP contribution in [-0.2, 0) is 6.54 Å². The Morgan fingerprint density at radius 2 is 2.08 bits per heavy atom. The van der Waals surface area contributed by atoms with Crippen LogP contribution in [-0.4, -0.2) is 29.9 Å². The van der Waals surface area contributed by atoms with Gasteiger partial charge in [0, 0.05) is 30.9 Å². The lowest BCUT2D eigenvalue weighted by atomic mass is 10.1. The number of urea groups is 1. The first-order chi connectivity index (χ1) is 11.7. The quantitative estimate of drug-likeness (QED) is 0.906. The van der Waals surface area contributed by atoms with Crippen LogP contribution in [0.2, 0.25) is 0 Å². The molecule has 24 heavy (non-hydrogen) atoms. The highest BCUT2D eigenvalue weighted by Crippen LogP contribution is 2.19. The van der Waals surface area contributed by atoms with E-state index in [4.69, 9.17) is 5.26 Å². The van der Waals surface area contributed by atoms with Crippen LogP contribution < -0.4 is 10.6 Å². The van der Waals surface area contributed by atoms with Gasteiger partial charge in [-0.1, -0.05) is 24.3 Å². The van der Waals surface area contributed by atoms with Gasteiger partial charge < -0.3 is 15.5 Å². The van der Waals surface area contributed by atoms with E-state index < -0.39 is 0 Å². The monoisotopic (exact) mass is 320 g/mol. The summed E-state index contributed by atoms with van der Waals surface area (Å²) in [7, 11) is 0. The largest absolute Gasteiger partial charge is 0.336 e. The second-order valence-electron chi connectivity index (χ2n) is 5.46. The first-order valence-electron chi connectivity index (χ1n) is 7.59. The Bertz CT molecular complexity index is 826. The summed E-state index contributed by atoms with van der Waals surface area (Å²) in [6.07, 6.45) is 0. The van der Waals surface area contributed by atoms with Crippen molar-refractivity contribution in [3.05, 3.63) is 65.2 Å². The third kappa shape index (κ3) is 3.36. The molecule has 1 aliphatic heterocycles. The highest BCUT2D eigenvalue weighted by molar-refractivity contribution is 6.04. The average molecular weight is 320 g/mol. The van der Waals surface area contributed by atoms with E-state index in [1.165, 1.54) is 0 Å². The zero-order valence-electron chi connectivity index (χ0n) is 13.0. The van der Waals surface area contributed by atoms with Gasteiger partial charge in [-0.05, 0) is 29.8 Å². The van der Waals surface area contributed by atoms with Gasteiger partial charge in [-0.2, -0.15) is 5.26 Å². The van der Waals surface area contributed by atoms with E-state index in [1.54, 1.807) is 35.2 Å². The molecule has 2 N–H and O–H groups in total. The zero-order chi connectivity index (χ0) is 16.9. The summed E-state index contributed by atoms with van der Waals surface area (Å²) in [4.78, 5) is 25.8. The molecule has 0 spiro atoms. The zero-order valence-corrected chi connectivity index (χ0v) is 13.0. The summed E-state index contributed by atoms with van der Waals surface area (Å²) < 4.78 is 0. The molecule has 0 saturated carbocycles. The number of anilines is 1. The van der Waals surface area contributed by atoms with E-state index in [2.05, 4.69) is 10.6 Å². The van der Waals surface area contributed by atoms with Crippen molar-refractivity contribution in [3.63, 3.8) is 0 Å². The molecule has 2 aromatic rings. The Morgan fingerprint density at radius 1 is 1.25 bits per heavy atom. The SMILES string of the molecule is N#Cc1cccc(C(=O)Nc2ccccc2CN2CCNC2=O)c1. The molecular formula is C18H16N4O2. The van der Waals surface area contributed by atoms with Crippen molar-refractivity contribution in [1.29, 1.82) is 5.26 Å². The minimum Gasteiger partial charge on any atom is -0.336 e. The minimum atomic E-state index is -0.287. The maximum Gasteiger partial charge on any atom is 0.317 e. The molecule has 0 bridgehead atoms. The van der Waals surface area contributed by atoms with Crippen molar-refractivity contribution >= 4 is 17.6 Å². The lowest BCUT2D eigenvalue weighted by molar-refractivity contribution is 0.102. The summed E-state index contributed by atoms with van der Waals surface area (Å²) in [5.41, 5.74) is 2.37. The van der Waals surface area contributed by atoms with E-state index in [-0.39, 0.29) is 11.9 Å². The topological polar surface area (TPSA) is 85.2 Å². The molecule has 1 heterocycles. The van der Waals surface area contributed by atoms with Crippen molar-refractivity contribution in [3.8, 4) is 6.07 Å². The van der Waals surface area contributed by atoms with Gasteiger partial charge in [0.1, 0.15) is 0 Å². The van der Waals surface area contributed by atoms with Gasteiger partial charge in [0.05, 0.1) is 11.6 Å². The summed E-state index contributed by atoms with van der Waals surface area (Å²) in [6.45, 7) is 1.71. The molecule has 6 heteroatoms. The van der Waals surface area contributed by atoms with Crippen molar-refractivity contribution in [1.82, 2.24) is 10.2 Å². The molecule has 0 atom stereocenters. The summed E-state index contributed by atoms with van der Waals surface area (Å²) in [5.74, 6) is -0.287. The minimum absolute atomic E-state index is 0.0992. The van der Waals surface area contributed by atoms with Crippen LogP contribution in [0, 0.1) is 11.3 Å². The second kappa shape index (κ2) is 6.84. The van der Waals surface area contributed by atoms with Gasteiger partial charge in [0.15, 0.2) is 0 Å². The van der Waals surface area contributed by atoms with Crippen LogP contribution in [0.3, 0.4) is 0 Å². The average Bonchev–Trinajstić information content (AvgIpc) is 3.01. The predicted octanol–water partition coefficient (Wildman–Crippen LogP) is 2.34. The van der Waals surface area contributed by atoms with E-state index >= 15 is 0 Å². The molecule has 0 radical (unpaired) electrons. The number of nitrogens with zero attached hydrogens (tertiary/aromatic N) is 2. The Labute approximate surface area is 139 Å². The molecule has 0 aliphatic carbocycles. The highest BCUT2D eigenvalue weighted by atomic mass is 16.2. The molecule has 0 aromatic heterocycles. The van der Waals surface area contributed by atoms with Crippen LogP contribution in [0.5, 0.6) is 0 Å². The molecule has 1 saturated heterocycles. The van der Waals surface area contributed by atoms with Gasteiger partial charge >= 0.3 is 6.03 Å². The normalized spacial score (nSPS) is 13.3. The molecule has 3 amide bonds. The Kier molecular flexibility index (Phi) is 4.43. The molecule has 0 unspecified atom stereocenters. The van der Waals surface area contributed by atoms with E-state index in [1.807, 2.05) is 24.3 Å². The van der Waals surface area contributed by atoms with Gasteiger partial charge in [-0.3, -0.25) is 4.79 Å². The van der Waals surface area contributed by atoms with Crippen molar-refractivity contribution in [2.45, 2.75) is 6.54 Å². The van der Waals surface area contributed by atoms with Gasteiger partial charge in [0.2, 0.25) is 0 Å². The number of amides is 3. The van der Waals surface area contributed by atoms with Crippen molar-refractivity contribution in [2.75, 3.05) is 18.4 Å². The van der Waals surface area contributed by atoms with Gasteiger partial charge in [0.25, 0.3) is 5.91 Å². The number of nitriles is 1. The maximum atomic E-state index is 12.4. The fourth-order valence-electron chi connectivity index (χ4n) is 2.57. The number of carbonyl (C=O) groups excluding carboxylic acids is 2. The van der Waals surface area contributed by atoms with E-state index in [9.17, 15) is 9.59 Å². The van der Waals surface area contributed by atoms with Crippen LogP contribution in [0.1, 0.15) is 21.5 Å². The first-order valence-corrected chi connectivity index (χ1v) is 7.59. The van der Waals surface area contributed by atoms with Gasteiger partial charge in [-0.15, -0.1) is 0 Å². The van der Waals surface area contributed by atoms with Gasteiger partial charge in [-0.25, -0.2) is 4.79 Å². The summed E-state index contributed by atoms with van der Waals surface area (Å²) >= 11 is 0. The Hall–Kier alpha value is -3.33. The lowest BCUT2D eigenvalue weighted by Gasteiger charge is -2.17. The van der Waals surface area contributed by atoms with Crippen LogP contribution in [0.4, 0.5) is 10.5 Å². The number of para-hydroxylation sites is 1. The molecule has 2 aromatic carbocycles. The van der Waals surface area contributed by atoms with E-state index in [0.717, 1.165) is 5.56 Å². The third-order valence-electron chi connectivity index (χ3n) is 3.83. The number of rotatable bonds is 4. The molecule has 1 fully saturated rings. The third-order valence-corrected chi connectivity index (χ3v) is 3.83. The molecular weight excluding hydrogens is 304 g/mol. The predicted molar refractivity (Wildman–Crippen MR) is 89.4 cm³/mol. The number of benzene rings is 2. The van der Waals surface area contributed by atoms with Crippen LogP contribution in [0.25, 0.3) is 0 Å². The molecule has 120 valence electrons. The van der Waals surface area contributed by atoms with Crippen LogP contribution >= 0.6 is 0 Å². The highest BCUT2D eigenvalue weighted by Gasteiger charge is 2.20. The molecule has 6 nitrogen and oxygen atoms in total. The van der Waals surface area contributed by atoms with E-state index in [0.29, 0.717) is 36.4 Å². The first kappa shape index (κ1) is 15.6. The fourth-order valence-corrected chi connectivity index (χ4v) is 2.57.